The molecule has 4 rings (SSSR count). The summed E-state index contributed by atoms with van der Waals surface area (Å²) in [5, 5.41) is 30.9. The van der Waals surface area contributed by atoms with Gasteiger partial charge in [-0.15, -0.1) is 0 Å². The molecule has 0 spiro atoms. The van der Waals surface area contributed by atoms with Gasteiger partial charge in [0.05, 0.1) is 25.4 Å². The minimum absolute atomic E-state index is 0.0734. The fourth-order valence-electron chi connectivity index (χ4n) is 5.60. The van der Waals surface area contributed by atoms with Gasteiger partial charge >= 0.3 is 5.97 Å². The molecule has 1 saturated heterocycles. The summed E-state index contributed by atoms with van der Waals surface area (Å²) in [6.45, 7) is 1.38. The van der Waals surface area contributed by atoms with Crippen molar-refractivity contribution in [3.05, 3.63) is 41.5 Å². The van der Waals surface area contributed by atoms with Crippen LogP contribution in [0.1, 0.15) is 75.5 Å². The minimum atomic E-state index is -0.486. The van der Waals surface area contributed by atoms with Gasteiger partial charge < -0.3 is 39.1 Å². The van der Waals surface area contributed by atoms with Gasteiger partial charge in [0.25, 0.3) is 0 Å². The van der Waals surface area contributed by atoms with Crippen LogP contribution in [0.4, 0.5) is 0 Å². The molecule has 0 aromatic heterocycles. The van der Waals surface area contributed by atoms with Crippen LogP contribution in [0.15, 0.2) is 30.3 Å². The standard InChI is InChI=1S/C30H38O9/c1-18(32)37-24-16-23(9-5-20-6-10-25(33)28(13-20)36-2)39-27(17-24)21-14-26(34)30(35)29(15-21)38-22-7-3-19(4-8-22)11-12-31/h6,10,12-15,19,22-24,27,33-35H,3-5,7-9,11,16-17H2,1-2H3/t19?,22?,23-,24+,27-/m0/s1. The number of phenols is 3. The fraction of sp³-hybridized carbons (Fsp3) is 0.533. The van der Waals surface area contributed by atoms with Crippen molar-refractivity contribution in [3.63, 3.8) is 0 Å². The second-order valence-electron chi connectivity index (χ2n) is 10.5. The Labute approximate surface area is 228 Å². The van der Waals surface area contributed by atoms with Gasteiger partial charge in [-0.25, -0.2) is 0 Å². The van der Waals surface area contributed by atoms with Gasteiger partial charge in [-0.1, -0.05) is 6.07 Å². The Morgan fingerprint density at radius 2 is 1.77 bits per heavy atom. The Morgan fingerprint density at radius 3 is 2.46 bits per heavy atom. The number of hydrogen-bond acceptors (Lipinski definition) is 9. The number of benzene rings is 2. The predicted octanol–water partition coefficient (Wildman–Crippen LogP) is 5.12. The van der Waals surface area contributed by atoms with E-state index < -0.39 is 6.10 Å². The van der Waals surface area contributed by atoms with E-state index in [2.05, 4.69) is 0 Å². The smallest absolute Gasteiger partial charge is 0.302 e. The molecule has 0 amide bonds. The maximum absolute atomic E-state index is 11.8. The number of hydrogen-bond donors (Lipinski definition) is 3. The fourth-order valence-corrected chi connectivity index (χ4v) is 5.60. The monoisotopic (exact) mass is 542 g/mol. The van der Waals surface area contributed by atoms with Crippen LogP contribution in [0.5, 0.6) is 28.7 Å². The first-order chi connectivity index (χ1) is 18.7. The van der Waals surface area contributed by atoms with Gasteiger partial charge in [-0.05, 0) is 79.8 Å². The number of aryl methyl sites for hydroxylation is 1. The molecule has 1 saturated carbocycles. The summed E-state index contributed by atoms with van der Waals surface area (Å²) in [5.74, 6) is 0.0349. The number of methoxy groups -OCH3 is 1. The molecule has 212 valence electrons. The highest BCUT2D eigenvalue weighted by atomic mass is 16.6. The van der Waals surface area contributed by atoms with E-state index in [0.29, 0.717) is 49.3 Å². The zero-order chi connectivity index (χ0) is 27.9. The molecule has 1 heterocycles. The number of aromatic hydroxyl groups is 3. The lowest BCUT2D eigenvalue weighted by Crippen LogP contribution is -2.34. The SMILES string of the molecule is COc1cc(CC[C@H]2C[C@@H](OC(C)=O)C[C@@H](c3cc(O)c(O)c(OC4CCC(CC=O)CC4)c3)O2)ccc1O. The van der Waals surface area contributed by atoms with Gasteiger partial charge in [0.1, 0.15) is 12.4 Å². The Bertz CT molecular complexity index is 1140. The number of carbonyl (C=O) groups is 2. The first-order valence-electron chi connectivity index (χ1n) is 13.6. The van der Waals surface area contributed by atoms with Crippen LogP contribution in [-0.4, -0.2) is 53.0 Å². The van der Waals surface area contributed by atoms with Crippen LogP contribution in [0, 0.1) is 5.92 Å². The third-order valence-corrected chi connectivity index (χ3v) is 7.66. The van der Waals surface area contributed by atoms with Gasteiger partial charge in [0, 0.05) is 26.2 Å². The summed E-state index contributed by atoms with van der Waals surface area (Å²) >= 11 is 0. The number of rotatable bonds is 10. The number of esters is 1. The average Bonchev–Trinajstić information content (AvgIpc) is 2.91. The van der Waals surface area contributed by atoms with E-state index in [9.17, 15) is 24.9 Å². The van der Waals surface area contributed by atoms with Crippen molar-refractivity contribution >= 4 is 12.3 Å². The first-order valence-corrected chi connectivity index (χ1v) is 13.6. The van der Waals surface area contributed by atoms with Crippen LogP contribution in [-0.2, 0) is 25.5 Å². The van der Waals surface area contributed by atoms with Gasteiger partial charge in [0.2, 0.25) is 5.75 Å². The van der Waals surface area contributed by atoms with Crippen molar-refractivity contribution < 1.29 is 43.9 Å². The van der Waals surface area contributed by atoms with Gasteiger partial charge in [-0.3, -0.25) is 4.79 Å². The van der Waals surface area contributed by atoms with E-state index in [4.69, 9.17) is 18.9 Å². The molecule has 3 N–H and O–H groups in total. The highest BCUT2D eigenvalue weighted by Gasteiger charge is 2.33. The number of phenolic OH excluding ortho intramolecular Hbond substituents is 3. The molecule has 2 aromatic rings. The zero-order valence-corrected chi connectivity index (χ0v) is 22.5. The van der Waals surface area contributed by atoms with E-state index in [0.717, 1.165) is 37.5 Å². The third kappa shape index (κ3) is 7.56. The molecule has 2 aliphatic rings. The second-order valence-corrected chi connectivity index (χ2v) is 10.5. The van der Waals surface area contributed by atoms with E-state index in [-0.39, 0.29) is 47.3 Å². The van der Waals surface area contributed by atoms with Crippen molar-refractivity contribution in [1.82, 2.24) is 0 Å². The van der Waals surface area contributed by atoms with Crippen molar-refractivity contribution in [2.45, 2.75) is 89.1 Å². The topological polar surface area (TPSA) is 132 Å². The first kappa shape index (κ1) is 28.5. The Kier molecular flexibility index (Phi) is 9.56. The van der Waals surface area contributed by atoms with E-state index in [1.807, 2.05) is 6.07 Å². The molecular weight excluding hydrogens is 504 g/mol. The van der Waals surface area contributed by atoms with Crippen LogP contribution < -0.4 is 9.47 Å². The lowest BCUT2D eigenvalue weighted by Gasteiger charge is -2.35. The van der Waals surface area contributed by atoms with E-state index >= 15 is 0 Å². The molecule has 2 fully saturated rings. The molecule has 1 aliphatic carbocycles. The quantitative estimate of drug-likeness (QED) is 0.212. The number of carbonyl (C=O) groups excluding carboxylic acids is 2. The van der Waals surface area contributed by atoms with E-state index in [1.54, 1.807) is 18.2 Å². The van der Waals surface area contributed by atoms with Crippen molar-refractivity contribution in [3.8, 4) is 28.7 Å². The van der Waals surface area contributed by atoms with Crippen LogP contribution in [0.2, 0.25) is 0 Å². The average molecular weight is 543 g/mol. The lowest BCUT2D eigenvalue weighted by molar-refractivity contribution is -0.160. The normalized spacial score (nSPS) is 25.0. The number of ether oxygens (including phenoxy) is 4. The number of aldehydes is 1. The van der Waals surface area contributed by atoms with Crippen LogP contribution in [0.3, 0.4) is 0 Å². The molecule has 0 radical (unpaired) electrons. The molecule has 3 atom stereocenters. The molecule has 1 aliphatic heterocycles. The van der Waals surface area contributed by atoms with E-state index in [1.165, 1.54) is 20.1 Å². The Morgan fingerprint density at radius 1 is 1.00 bits per heavy atom. The minimum Gasteiger partial charge on any atom is -0.504 e. The molecule has 9 heteroatoms. The molecular formula is C30H38O9. The maximum Gasteiger partial charge on any atom is 0.302 e. The summed E-state index contributed by atoms with van der Waals surface area (Å²) in [4.78, 5) is 22.6. The maximum atomic E-state index is 11.8. The Balaban J connectivity index is 1.48. The molecule has 0 unspecified atom stereocenters. The largest absolute Gasteiger partial charge is 0.504 e. The van der Waals surface area contributed by atoms with Gasteiger partial charge in [-0.2, -0.15) is 0 Å². The summed E-state index contributed by atoms with van der Waals surface area (Å²) in [5.41, 5.74) is 1.60. The summed E-state index contributed by atoms with van der Waals surface area (Å²) < 4.78 is 23.3. The summed E-state index contributed by atoms with van der Waals surface area (Å²) in [7, 11) is 1.50. The molecule has 0 bridgehead atoms. The van der Waals surface area contributed by atoms with Crippen molar-refractivity contribution in [2.24, 2.45) is 5.92 Å². The predicted molar refractivity (Wildman–Crippen MR) is 142 cm³/mol. The highest BCUT2D eigenvalue weighted by Crippen LogP contribution is 2.44. The van der Waals surface area contributed by atoms with Crippen molar-refractivity contribution in [1.29, 1.82) is 0 Å². The molecule has 39 heavy (non-hydrogen) atoms. The summed E-state index contributed by atoms with van der Waals surface area (Å²) in [6.07, 6.45) is 5.82. The zero-order valence-electron chi connectivity index (χ0n) is 22.5. The second kappa shape index (κ2) is 13.1. The third-order valence-electron chi connectivity index (χ3n) is 7.66. The van der Waals surface area contributed by atoms with Crippen LogP contribution >= 0.6 is 0 Å². The lowest BCUT2D eigenvalue weighted by atomic mass is 9.85. The Hall–Kier alpha value is -3.46. The molecule has 2 aromatic carbocycles. The molecule has 9 nitrogen and oxygen atoms in total. The van der Waals surface area contributed by atoms with Gasteiger partial charge in [0.15, 0.2) is 23.0 Å². The summed E-state index contributed by atoms with van der Waals surface area (Å²) in [6, 6.07) is 8.36. The van der Waals surface area contributed by atoms with Crippen molar-refractivity contribution in [2.75, 3.05) is 7.11 Å². The highest BCUT2D eigenvalue weighted by molar-refractivity contribution is 5.66. The van der Waals surface area contributed by atoms with Crippen LogP contribution in [0.25, 0.3) is 0 Å².